The van der Waals surface area contributed by atoms with Crippen LogP contribution >= 0.6 is 0 Å². The second-order valence-corrected chi connectivity index (χ2v) is 5.57. The summed E-state index contributed by atoms with van der Waals surface area (Å²) in [5.41, 5.74) is 0. The standard InChI is InChI=1S/C13H28N2/c1-11(2)10-15(4)12(3)9-14-13-7-5-6-8-13/h11-14H,5-10H2,1-4H3. The van der Waals surface area contributed by atoms with Crippen LogP contribution in [0.5, 0.6) is 0 Å². The first-order valence-electron chi connectivity index (χ1n) is 6.53. The van der Waals surface area contributed by atoms with Crippen LogP contribution in [0.15, 0.2) is 0 Å². The van der Waals surface area contributed by atoms with E-state index in [9.17, 15) is 0 Å². The summed E-state index contributed by atoms with van der Waals surface area (Å²) in [6.07, 6.45) is 5.63. The average Bonchev–Trinajstić information content (AvgIpc) is 2.65. The zero-order valence-electron chi connectivity index (χ0n) is 10.9. The van der Waals surface area contributed by atoms with E-state index in [-0.39, 0.29) is 0 Å². The maximum atomic E-state index is 3.69. The van der Waals surface area contributed by atoms with Crippen LogP contribution in [-0.4, -0.2) is 37.1 Å². The van der Waals surface area contributed by atoms with Crippen molar-refractivity contribution in [3.05, 3.63) is 0 Å². The number of nitrogens with zero attached hydrogens (tertiary/aromatic N) is 1. The Kier molecular flexibility index (Phi) is 5.62. The SMILES string of the molecule is CC(C)CN(C)C(C)CNC1CCCC1. The van der Waals surface area contributed by atoms with Gasteiger partial charge in [-0.2, -0.15) is 0 Å². The maximum Gasteiger partial charge on any atom is 0.0189 e. The van der Waals surface area contributed by atoms with E-state index in [0.29, 0.717) is 6.04 Å². The van der Waals surface area contributed by atoms with E-state index in [1.54, 1.807) is 0 Å². The van der Waals surface area contributed by atoms with Crippen LogP contribution in [0.2, 0.25) is 0 Å². The van der Waals surface area contributed by atoms with Crippen molar-refractivity contribution in [1.82, 2.24) is 10.2 Å². The molecule has 1 N–H and O–H groups in total. The average molecular weight is 212 g/mol. The highest BCUT2D eigenvalue weighted by molar-refractivity contribution is 4.76. The Morgan fingerprint density at radius 1 is 1.20 bits per heavy atom. The molecular formula is C13H28N2. The lowest BCUT2D eigenvalue weighted by Crippen LogP contribution is -2.42. The van der Waals surface area contributed by atoms with Gasteiger partial charge in [-0.05, 0) is 32.7 Å². The number of nitrogens with one attached hydrogen (secondary N) is 1. The third kappa shape index (κ3) is 4.98. The molecule has 0 aromatic carbocycles. The molecule has 0 aromatic heterocycles. The van der Waals surface area contributed by atoms with Crippen molar-refractivity contribution in [2.24, 2.45) is 5.92 Å². The van der Waals surface area contributed by atoms with Crippen LogP contribution in [0, 0.1) is 5.92 Å². The first-order valence-corrected chi connectivity index (χ1v) is 6.53. The Morgan fingerprint density at radius 2 is 1.80 bits per heavy atom. The molecule has 0 heterocycles. The molecule has 0 radical (unpaired) electrons. The smallest absolute Gasteiger partial charge is 0.0189 e. The zero-order chi connectivity index (χ0) is 11.3. The summed E-state index contributed by atoms with van der Waals surface area (Å²) in [7, 11) is 2.24. The molecule has 1 aliphatic carbocycles. The maximum absolute atomic E-state index is 3.69. The molecule has 2 nitrogen and oxygen atoms in total. The molecule has 90 valence electrons. The van der Waals surface area contributed by atoms with Crippen LogP contribution in [0.3, 0.4) is 0 Å². The number of hydrogen-bond donors (Lipinski definition) is 1. The third-order valence-corrected chi connectivity index (χ3v) is 3.46. The molecule has 2 heteroatoms. The minimum Gasteiger partial charge on any atom is -0.312 e. The van der Waals surface area contributed by atoms with Crippen molar-refractivity contribution in [2.45, 2.75) is 58.5 Å². The predicted molar refractivity (Wildman–Crippen MR) is 67.2 cm³/mol. The summed E-state index contributed by atoms with van der Waals surface area (Å²) >= 11 is 0. The Labute approximate surface area is 95.4 Å². The first kappa shape index (κ1) is 13.0. The largest absolute Gasteiger partial charge is 0.312 e. The minimum atomic E-state index is 0.660. The monoisotopic (exact) mass is 212 g/mol. The molecule has 0 spiro atoms. The van der Waals surface area contributed by atoms with Crippen LogP contribution < -0.4 is 5.32 Å². The molecule has 15 heavy (non-hydrogen) atoms. The van der Waals surface area contributed by atoms with Gasteiger partial charge in [0, 0.05) is 25.2 Å². The van der Waals surface area contributed by atoms with Crippen molar-refractivity contribution in [2.75, 3.05) is 20.1 Å². The Bertz CT molecular complexity index is 162. The van der Waals surface area contributed by atoms with Crippen LogP contribution in [-0.2, 0) is 0 Å². The quantitative estimate of drug-likeness (QED) is 0.728. The number of likely N-dealkylation sites (N-methyl/N-ethyl adjacent to an activating group) is 1. The van der Waals surface area contributed by atoms with Crippen LogP contribution in [0.1, 0.15) is 46.5 Å². The van der Waals surface area contributed by atoms with Gasteiger partial charge < -0.3 is 10.2 Å². The van der Waals surface area contributed by atoms with Gasteiger partial charge in [-0.3, -0.25) is 0 Å². The summed E-state index contributed by atoms with van der Waals surface area (Å²) in [6.45, 7) is 9.24. The van der Waals surface area contributed by atoms with Crippen molar-refractivity contribution >= 4 is 0 Å². The lowest BCUT2D eigenvalue weighted by atomic mass is 10.1. The van der Waals surface area contributed by atoms with Gasteiger partial charge in [0.05, 0.1) is 0 Å². The predicted octanol–water partition coefficient (Wildman–Crippen LogP) is 2.49. The van der Waals surface area contributed by atoms with Gasteiger partial charge >= 0.3 is 0 Å². The van der Waals surface area contributed by atoms with Crippen molar-refractivity contribution in [1.29, 1.82) is 0 Å². The van der Waals surface area contributed by atoms with E-state index in [1.807, 2.05) is 0 Å². The molecule has 0 aliphatic heterocycles. The molecule has 1 atom stereocenters. The molecule has 0 bridgehead atoms. The molecule has 1 unspecified atom stereocenters. The molecule has 0 saturated heterocycles. The van der Waals surface area contributed by atoms with Gasteiger partial charge in [0.2, 0.25) is 0 Å². The Morgan fingerprint density at radius 3 is 2.33 bits per heavy atom. The van der Waals surface area contributed by atoms with Gasteiger partial charge in [0.15, 0.2) is 0 Å². The molecular weight excluding hydrogens is 184 g/mol. The molecule has 1 aliphatic rings. The van der Waals surface area contributed by atoms with E-state index in [2.05, 4.69) is 38.0 Å². The van der Waals surface area contributed by atoms with Crippen LogP contribution in [0.25, 0.3) is 0 Å². The molecule has 1 saturated carbocycles. The van der Waals surface area contributed by atoms with E-state index >= 15 is 0 Å². The van der Waals surface area contributed by atoms with Gasteiger partial charge in [0.1, 0.15) is 0 Å². The third-order valence-electron chi connectivity index (χ3n) is 3.46. The van der Waals surface area contributed by atoms with Crippen molar-refractivity contribution < 1.29 is 0 Å². The van der Waals surface area contributed by atoms with E-state index in [0.717, 1.165) is 18.5 Å². The highest BCUT2D eigenvalue weighted by Gasteiger charge is 2.16. The van der Waals surface area contributed by atoms with Gasteiger partial charge in [-0.15, -0.1) is 0 Å². The van der Waals surface area contributed by atoms with Gasteiger partial charge in [0.25, 0.3) is 0 Å². The molecule has 0 amide bonds. The minimum absolute atomic E-state index is 0.660. The molecule has 1 fully saturated rings. The summed E-state index contributed by atoms with van der Waals surface area (Å²) in [6, 6.07) is 1.47. The highest BCUT2D eigenvalue weighted by atomic mass is 15.1. The lowest BCUT2D eigenvalue weighted by molar-refractivity contribution is 0.221. The van der Waals surface area contributed by atoms with E-state index < -0.39 is 0 Å². The summed E-state index contributed by atoms with van der Waals surface area (Å²) in [5, 5.41) is 3.69. The first-order chi connectivity index (χ1) is 7.09. The second-order valence-electron chi connectivity index (χ2n) is 5.57. The van der Waals surface area contributed by atoms with Crippen LogP contribution in [0.4, 0.5) is 0 Å². The van der Waals surface area contributed by atoms with E-state index in [4.69, 9.17) is 0 Å². The highest BCUT2D eigenvalue weighted by Crippen LogP contribution is 2.17. The fraction of sp³-hybridized carbons (Fsp3) is 1.00. The number of rotatable bonds is 6. The molecule has 1 rings (SSSR count). The summed E-state index contributed by atoms with van der Waals surface area (Å²) in [5.74, 6) is 0.768. The molecule has 0 aromatic rings. The van der Waals surface area contributed by atoms with Crippen molar-refractivity contribution in [3.8, 4) is 0 Å². The van der Waals surface area contributed by atoms with E-state index in [1.165, 1.54) is 32.2 Å². The zero-order valence-corrected chi connectivity index (χ0v) is 10.9. The van der Waals surface area contributed by atoms with Gasteiger partial charge in [-0.25, -0.2) is 0 Å². The Balaban J connectivity index is 2.13. The Hall–Kier alpha value is -0.0800. The summed E-state index contributed by atoms with van der Waals surface area (Å²) in [4.78, 5) is 2.46. The normalized spacial score (nSPS) is 20.4. The van der Waals surface area contributed by atoms with Gasteiger partial charge in [-0.1, -0.05) is 26.7 Å². The fourth-order valence-electron chi connectivity index (χ4n) is 2.38. The second kappa shape index (κ2) is 6.49. The van der Waals surface area contributed by atoms with Crippen molar-refractivity contribution in [3.63, 3.8) is 0 Å². The fourth-order valence-corrected chi connectivity index (χ4v) is 2.38. The lowest BCUT2D eigenvalue weighted by Gasteiger charge is -2.27. The number of hydrogen-bond acceptors (Lipinski definition) is 2. The topological polar surface area (TPSA) is 15.3 Å². The summed E-state index contributed by atoms with van der Waals surface area (Å²) < 4.78 is 0.